The average Bonchev–Trinajstić information content (AvgIpc) is 3.26. The van der Waals surface area contributed by atoms with Gasteiger partial charge in [0.2, 0.25) is 0 Å². The van der Waals surface area contributed by atoms with E-state index in [1.54, 1.807) is 11.8 Å². The van der Waals surface area contributed by atoms with Crippen LogP contribution < -0.4 is 4.90 Å². The third-order valence-electron chi connectivity index (χ3n) is 3.37. The largest absolute Gasteiger partial charge is 0.379 e. The maximum Gasteiger partial charge on any atom is 0.102 e. The van der Waals surface area contributed by atoms with E-state index in [1.807, 2.05) is 31.5 Å². The van der Waals surface area contributed by atoms with Gasteiger partial charge in [0.25, 0.3) is 0 Å². The van der Waals surface area contributed by atoms with Crippen LogP contribution in [-0.2, 0) is 4.74 Å². The van der Waals surface area contributed by atoms with E-state index in [0.717, 1.165) is 41.8 Å². The standard InChI is InChI=1S/C15H20N2OS/c1-17(8-9-18-11-12-6-7-12)14-4-3-5-15(19-2)13(14)10-16/h3-5,12H,6-9,11H2,1-2H3. The molecule has 1 fully saturated rings. The number of nitriles is 1. The molecule has 2 rings (SSSR count). The number of nitrogens with zero attached hydrogens (tertiary/aromatic N) is 2. The second-order valence-electron chi connectivity index (χ2n) is 4.91. The lowest BCUT2D eigenvalue weighted by molar-refractivity contribution is 0.131. The number of thioether (sulfide) groups is 1. The van der Waals surface area contributed by atoms with E-state index in [1.165, 1.54) is 12.8 Å². The first-order valence-electron chi connectivity index (χ1n) is 6.62. The molecule has 0 unspecified atom stereocenters. The Morgan fingerprint density at radius 1 is 1.47 bits per heavy atom. The Morgan fingerprint density at radius 3 is 2.89 bits per heavy atom. The monoisotopic (exact) mass is 276 g/mol. The van der Waals surface area contributed by atoms with Crippen molar-refractivity contribution in [1.82, 2.24) is 0 Å². The summed E-state index contributed by atoms with van der Waals surface area (Å²) in [6, 6.07) is 8.30. The van der Waals surface area contributed by atoms with Gasteiger partial charge in [0.05, 0.1) is 17.9 Å². The zero-order chi connectivity index (χ0) is 13.7. The summed E-state index contributed by atoms with van der Waals surface area (Å²) in [5, 5.41) is 9.31. The molecule has 0 heterocycles. The van der Waals surface area contributed by atoms with E-state index >= 15 is 0 Å². The Kier molecular flexibility index (Phi) is 5.12. The molecule has 1 aromatic carbocycles. The summed E-state index contributed by atoms with van der Waals surface area (Å²) < 4.78 is 5.65. The molecule has 0 saturated heterocycles. The fourth-order valence-corrected chi connectivity index (χ4v) is 2.55. The number of likely N-dealkylation sites (N-methyl/N-ethyl adjacent to an activating group) is 1. The van der Waals surface area contributed by atoms with Gasteiger partial charge in [-0.3, -0.25) is 0 Å². The van der Waals surface area contributed by atoms with E-state index in [0.29, 0.717) is 0 Å². The van der Waals surface area contributed by atoms with Gasteiger partial charge >= 0.3 is 0 Å². The highest BCUT2D eigenvalue weighted by Gasteiger charge is 2.21. The van der Waals surface area contributed by atoms with Crippen LogP contribution in [0.2, 0.25) is 0 Å². The minimum Gasteiger partial charge on any atom is -0.379 e. The molecule has 0 aliphatic heterocycles. The maximum atomic E-state index is 9.31. The summed E-state index contributed by atoms with van der Waals surface area (Å²) in [7, 11) is 2.01. The number of ether oxygens (including phenoxy) is 1. The van der Waals surface area contributed by atoms with Crippen molar-refractivity contribution in [2.75, 3.05) is 38.0 Å². The van der Waals surface area contributed by atoms with Crippen molar-refractivity contribution in [3.8, 4) is 6.07 Å². The predicted octanol–water partition coefficient (Wildman–Crippen LogP) is 3.14. The number of hydrogen-bond donors (Lipinski definition) is 0. The maximum absolute atomic E-state index is 9.31. The topological polar surface area (TPSA) is 36.3 Å². The molecule has 102 valence electrons. The van der Waals surface area contributed by atoms with Crippen LogP contribution in [0.3, 0.4) is 0 Å². The summed E-state index contributed by atoms with van der Waals surface area (Å²) in [5.74, 6) is 0.805. The Bertz CT molecular complexity index is 466. The molecule has 4 heteroatoms. The molecule has 1 aliphatic rings. The van der Waals surface area contributed by atoms with Crippen molar-refractivity contribution in [1.29, 1.82) is 5.26 Å². The van der Waals surface area contributed by atoms with E-state index in [9.17, 15) is 5.26 Å². The lowest BCUT2D eigenvalue weighted by atomic mass is 10.2. The highest BCUT2D eigenvalue weighted by Crippen LogP contribution is 2.29. The SMILES string of the molecule is CSc1cccc(N(C)CCOCC2CC2)c1C#N. The lowest BCUT2D eigenvalue weighted by Gasteiger charge is -2.21. The van der Waals surface area contributed by atoms with Crippen molar-refractivity contribution in [3.05, 3.63) is 23.8 Å². The van der Waals surface area contributed by atoms with E-state index in [-0.39, 0.29) is 0 Å². The fraction of sp³-hybridized carbons (Fsp3) is 0.533. The minimum atomic E-state index is 0.724. The van der Waals surface area contributed by atoms with Gasteiger partial charge in [0.1, 0.15) is 6.07 Å². The Labute approximate surface area is 119 Å². The van der Waals surface area contributed by atoms with Crippen LogP contribution in [0.4, 0.5) is 5.69 Å². The fourth-order valence-electron chi connectivity index (χ4n) is 1.98. The Hall–Kier alpha value is -1.18. The van der Waals surface area contributed by atoms with Crippen molar-refractivity contribution in [2.24, 2.45) is 5.92 Å². The molecule has 0 bridgehead atoms. The van der Waals surface area contributed by atoms with Crippen LogP contribution in [0.25, 0.3) is 0 Å². The molecule has 0 aromatic heterocycles. The van der Waals surface area contributed by atoms with Gasteiger partial charge in [-0.25, -0.2) is 0 Å². The molecule has 0 N–H and O–H groups in total. The molecule has 1 saturated carbocycles. The molecule has 0 amide bonds. The van der Waals surface area contributed by atoms with Gasteiger partial charge in [0, 0.05) is 25.1 Å². The van der Waals surface area contributed by atoms with E-state index < -0.39 is 0 Å². The van der Waals surface area contributed by atoms with Crippen molar-refractivity contribution < 1.29 is 4.74 Å². The van der Waals surface area contributed by atoms with E-state index in [4.69, 9.17) is 4.74 Å². The van der Waals surface area contributed by atoms with Gasteiger partial charge in [-0.1, -0.05) is 6.07 Å². The summed E-state index contributed by atoms with van der Waals surface area (Å²) in [4.78, 5) is 3.14. The number of rotatable bonds is 7. The summed E-state index contributed by atoms with van der Waals surface area (Å²) in [6.07, 6.45) is 4.65. The number of hydrogen-bond acceptors (Lipinski definition) is 4. The predicted molar refractivity (Wildman–Crippen MR) is 79.8 cm³/mol. The van der Waals surface area contributed by atoms with Crippen molar-refractivity contribution >= 4 is 17.4 Å². The van der Waals surface area contributed by atoms with Crippen LogP contribution >= 0.6 is 11.8 Å². The van der Waals surface area contributed by atoms with Gasteiger partial charge in [-0.2, -0.15) is 5.26 Å². The first-order chi connectivity index (χ1) is 9.26. The minimum absolute atomic E-state index is 0.724. The van der Waals surface area contributed by atoms with Crippen LogP contribution in [0.1, 0.15) is 18.4 Å². The van der Waals surface area contributed by atoms with Crippen LogP contribution in [0.5, 0.6) is 0 Å². The Balaban J connectivity index is 1.93. The van der Waals surface area contributed by atoms with Crippen LogP contribution in [0, 0.1) is 17.2 Å². The summed E-state index contributed by atoms with van der Waals surface area (Å²) >= 11 is 1.61. The first kappa shape index (κ1) is 14.2. The van der Waals surface area contributed by atoms with Gasteiger partial charge in [-0.05, 0) is 37.1 Å². The van der Waals surface area contributed by atoms with Gasteiger partial charge < -0.3 is 9.64 Å². The highest BCUT2D eigenvalue weighted by molar-refractivity contribution is 7.98. The van der Waals surface area contributed by atoms with Crippen molar-refractivity contribution in [3.63, 3.8) is 0 Å². The quantitative estimate of drug-likeness (QED) is 0.566. The zero-order valence-electron chi connectivity index (χ0n) is 11.6. The molecule has 3 nitrogen and oxygen atoms in total. The first-order valence-corrected chi connectivity index (χ1v) is 7.84. The molecule has 1 aliphatic carbocycles. The molecule has 19 heavy (non-hydrogen) atoms. The van der Waals surface area contributed by atoms with Crippen LogP contribution in [0.15, 0.2) is 23.1 Å². The van der Waals surface area contributed by atoms with Gasteiger partial charge in [-0.15, -0.1) is 11.8 Å². The number of anilines is 1. The molecule has 0 spiro atoms. The van der Waals surface area contributed by atoms with Crippen molar-refractivity contribution in [2.45, 2.75) is 17.7 Å². The Morgan fingerprint density at radius 2 is 2.26 bits per heavy atom. The third kappa shape index (κ3) is 3.89. The van der Waals surface area contributed by atoms with E-state index in [2.05, 4.69) is 11.0 Å². The molecular formula is C15H20N2OS. The average molecular weight is 276 g/mol. The summed E-state index contributed by atoms with van der Waals surface area (Å²) in [6.45, 7) is 2.43. The molecule has 0 radical (unpaired) electrons. The second-order valence-corrected chi connectivity index (χ2v) is 5.75. The molecule has 0 atom stereocenters. The smallest absolute Gasteiger partial charge is 0.102 e. The van der Waals surface area contributed by atoms with Crippen LogP contribution in [-0.4, -0.2) is 33.1 Å². The zero-order valence-corrected chi connectivity index (χ0v) is 12.4. The van der Waals surface area contributed by atoms with Gasteiger partial charge in [0.15, 0.2) is 0 Å². The second kappa shape index (κ2) is 6.83. The third-order valence-corrected chi connectivity index (χ3v) is 4.15. The molecule has 1 aromatic rings. The molecular weight excluding hydrogens is 256 g/mol. The lowest BCUT2D eigenvalue weighted by Crippen LogP contribution is -2.23. The summed E-state index contributed by atoms with van der Waals surface area (Å²) in [5.41, 5.74) is 1.75. The number of benzene rings is 1. The normalized spacial score (nSPS) is 14.2. The highest BCUT2D eigenvalue weighted by atomic mass is 32.2.